The molecule has 0 radical (unpaired) electrons. The van der Waals surface area contributed by atoms with Gasteiger partial charge in [0.1, 0.15) is 13.1 Å². The van der Waals surface area contributed by atoms with Crippen LogP contribution < -0.4 is 10.6 Å². The van der Waals surface area contributed by atoms with Crippen LogP contribution >= 0.6 is 0 Å². The van der Waals surface area contributed by atoms with E-state index in [2.05, 4.69) is 24.6 Å². The predicted octanol–water partition coefficient (Wildman–Crippen LogP) is -0.677. The van der Waals surface area contributed by atoms with Gasteiger partial charge in [-0.05, 0) is 12.8 Å². The molecule has 0 fully saturated rings. The van der Waals surface area contributed by atoms with E-state index in [1.807, 2.05) is 0 Å². The van der Waals surface area contributed by atoms with Gasteiger partial charge in [0.2, 0.25) is 0 Å². The molecule has 0 bridgehead atoms. The number of rotatable bonds is 8. The lowest BCUT2D eigenvalue weighted by molar-refractivity contribution is -0.712. The molecule has 0 saturated carbocycles. The fourth-order valence-corrected chi connectivity index (χ4v) is 1.14. The molecule has 4 N–H and O–H groups in total. The van der Waals surface area contributed by atoms with Crippen molar-refractivity contribution in [3.05, 3.63) is 0 Å². The maximum Gasteiger partial charge on any atom is 0.125 e. The smallest absolute Gasteiger partial charge is 0.125 e. The lowest BCUT2D eigenvalue weighted by Crippen LogP contribution is -2.93. The summed E-state index contributed by atoms with van der Waals surface area (Å²) in [5, 5.41) is 4.66. The number of hydrogen-bond donors (Lipinski definition) is 2. The average Bonchev–Trinajstić information content (AvgIpc) is 2.03. The first-order chi connectivity index (χ1) is 5.41. The zero-order valence-electron chi connectivity index (χ0n) is 8.10. The van der Waals surface area contributed by atoms with E-state index in [0.29, 0.717) is 0 Å². The van der Waals surface area contributed by atoms with Gasteiger partial charge in [0.15, 0.2) is 0 Å². The van der Waals surface area contributed by atoms with Crippen LogP contribution in [0.5, 0.6) is 0 Å². The largest absolute Gasteiger partial charge is 0.344 e. The highest BCUT2D eigenvalue weighted by molar-refractivity contribution is 4.36. The molecule has 0 saturated heterocycles. The van der Waals surface area contributed by atoms with Gasteiger partial charge in [-0.2, -0.15) is 0 Å². The Morgan fingerprint density at radius 3 is 2.36 bits per heavy atom. The number of likely N-dealkylation sites (N-methyl/N-ethyl adjacent to an activating group) is 1. The Hall–Kier alpha value is -0.0800. The zero-order chi connectivity index (χ0) is 8.36. The zero-order valence-corrected chi connectivity index (χ0v) is 8.10. The summed E-state index contributed by atoms with van der Waals surface area (Å²) in [6.07, 6.45) is 5.58. The summed E-state index contributed by atoms with van der Waals surface area (Å²) in [6.45, 7) is 6.12. The molecule has 0 aromatic rings. The molecule has 0 aromatic carbocycles. The lowest BCUT2D eigenvalue weighted by Gasteiger charge is -1.98. The summed E-state index contributed by atoms with van der Waals surface area (Å²) in [5.74, 6) is 0. The Morgan fingerprint density at radius 1 is 0.909 bits per heavy atom. The maximum atomic E-state index is 2.43. The first-order valence-electron chi connectivity index (χ1n) is 5.01. The Bertz CT molecular complexity index is 56.6. The third-order valence-electron chi connectivity index (χ3n) is 1.92. The third kappa shape index (κ3) is 9.92. The molecule has 0 heterocycles. The summed E-state index contributed by atoms with van der Waals surface area (Å²) in [5.41, 5.74) is 0. The van der Waals surface area contributed by atoms with E-state index in [-0.39, 0.29) is 0 Å². The third-order valence-corrected chi connectivity index (χ3v) is 1.92. The summed E-state index contributed by atoms with van der Waals surface area (Å²) >= 11 is 0. The van der Waals surface area contributed by atoms with E-state index in [1.165, 1.54) is 45.3 Å². The van der Waals surface area contributed by atoms with Gasteiger partial charge in [-0.25, -0.2) is 0 Å². The van der Waals surface area contributed by atoms with Crippen LogP contribution in [0.3, 0.4) is 0 Å². The van der Waals surface area contributed by atoms with Gasteiger partial charge >= 0.3 is 0 Å². The van der Waals surface area contributed by atoms with Gasteiger partial charge in [-0.3, -0.25) is 0 Å². The van der Waals surface area contributed by atoms with Crippen LogP contribution in [0.2, 0.25) is 0 Å². The van der Waals surface area contributed by atoms with Crippen molar-refractivity contribution in [2.24, 2.45) is 0 Å². The molecule has 0 aromatic heterocycles. The molecule has 0 amide bonds. The second kappa shape index (κ2) is 9.92. The highest BCUT2D eigenvalue weighted by Gasteiger charge is 1.91. The summed E-state index contributed by atoms with van der Waals surface area (Å²) in [7, 11) is 2.13. The SMILES string of the molecule is CCCCCC[NH2+]CC[NH2+]C. The van der Waals surface area contributed by atoms with E-state index in [1.54, 1.807) is 0 Å². The highest BCUT2D eigenvalue weighted by Crippen LogP contribution is 1.95. The minimum atomic E-state index is 1.26. The Balaban J connectivity index is 2.69. The Kier molecular flexibility index (Phi) is 9.85. The maximum absolute atomic E-state index is 2.43. The van der Waals surface area contributed by atoms with E-state index in [4.69, 9.17) is 0 Å². The van der Waals surface area contributed by atoms with Crippen molar-refractivity contribution in [3.8, 4) is 0 Å². The van der Waals surface area contributed by atoms with Crippen LogP contribution in [0, 0.1) is 0 Å². The van der Waals surface area contributed by atoms with Gasteiger partial charge in [0, 0.05) is 0 Å². The fourth-order valence-electron chi connectivity index (χ4n) is 1.14. The fraction of sp³-hybridized carbons (Fsp3) is 1.00. The molecule has 2 heteroatoms. The summed E-state index contributed by atoms with van der Waals surface area (Å²) in [6, 6.07) is 0. The van der Waals surface area contributed by atoms with Crippen molar-refractivity contribution < 1.29 is 10.6 Å². The van der Waals surface area contributed by atoms with Gasteiger partial charge in [0.25, 0.3) is 0 Å². The minimum Gasteiger partial charge on any atom is -0.344 e. The van der Waals surface area contributed by atoms with E-state index < -0.39 is 0 Å². The summed E-state index contributed by atoms with van der Waals surface area (Å²) < 4.78 is 0. The van der Waals surface area contributed by atoms with Crippen LogP contribution in [-0.4, -0.2) is 26.7 Å². The number of unbranched alkanes of at least 4 members (excludes halogenated alkanes) is 3. The molecular weight excluding hydrogens is 136 g/mol. The van der Waals surface area contributed by atoms with Crippen LogP contribution in [-0.2, 0) is 0 Å². The second-order valence-corrected chi connectivity index (χ2v) is 3.12. The molecule has 0 aliphatic carbocycles. The normalized spacial score (nSPS) is 10.4. The van der Waals surface area contributed by atoms with Gasteiger partial charge in [-0.1, -0.05) is 19.8 Å². The van der Waals surface area contributed by atoms with Crippen molar-refractivity contribution in [3.63, 3.8) is 0 Å². The van der Waals surface area contributed by atoms with Crippen molar-refractivity contribution in [1.29, 1.82) is 0 Å². The van der Waals surface area contributed by atoms with Crippen LogP contribution in [0.25, 0.3) is 0 Å². The Labute approximate surface area is 70.8 Å². The molecule has 0 aliphatic rings. The molecule has 11 heavy (non-hydrogen) atoms. The Morgan fingerprint density at radius 2 is 1.73 bits per heavy atom. The van der Waals surface area contributed by atoms with Crippen LogP contribution in [0.15, 0.2) is 0 Å². The van der Waals surface area contributed by atoms with Crippen molar-refractivity contribution in [2.45, 2.75) is 32.6 Å². The molecule has 2 nitrogen and oxygen atoms in total. The molecule has 0 unspecified atom stereocenters. The molecule has 0 atom stereocenters. The minimum absolute atomic E-state index is 1.26. The number of nitrogens with two attached hydrogens (primary N) is 2. The topological polar surface area (TPSA) is 33.2 Å². The number of quaternary nitrogens is 2. The van der Waals surface area contributed by atoms with Crippen molar-refractivity contribution in [1.82, 2.24) is 0 Å². The monoisotopic (exact) mass is 160 g/mol. The van der Waals surface area contributed by atoms with Gasteiger partial charge in [0.05, 0.1) is 13.6 Å². The van der Waals surface area contributed by atoms with Gasteiger partial charge < -0.3 is 10.6 Å². The van der Waals surface area contributed by atoms with E-state index in [9.17, 15) is 0 Å². The van der Waals surface area contributed by atoms with Crippen LogP contribution in [0.4, 0.5) is 0 Å². The number of hydrogen-bond acceptors (Lipinski definition) is 0. The molecule has 0 rings (SSSR count). The molecular formula is C9H24N2+2. The quantitative estimate of drug-likeness (QED) is 0.441. The van der Waals surface area contributed by atoms with E-state index in [0.717, 1.165) is 0 Å². The molecule has 68 valence electrons. The first kappa shape index (κ1) is 10.9. The van der Waals surface area contributed by atoms with Crippen molar-refractivity contribution >= 4 is 0 Å². The first-order valence-corrected chi connectivity index (χ1v) is 5.01. The van der Waals surface area contributed by atoms with Crippen molar-refractivity contribution in [2.75, 3.05) is 26.7 Å². The second-order valence-electron chi connectivity index (χ2n) is 3.12. The van der Waals surface area contributed by atoms with Gasteiger partial charge in [-0.15, -0.1) is 0 Å². The highest BCUT2D eigenvalue weighted by atomic mass is 14.9. The lowest BCUT2D eigenvalue weighted by atomic mass is 10.2. The predicted molar refractivity (Wildman–Crippen MR) is 48.5 cm³/mol. The summed E-state index contributed by atoms with van der Waals surface area (Å²) in [4.78, 5) is 0. The van der Waals surface area contributed by atoms with Crippen LogP contribution in [0.1, 0.15) is 32.6 Å². The van der Waals surface area contributed by atoms with E-state index >= 15 is 0 Å². The average molecular weight is 160 g/mol. The standard InChI is InChI=1S/C9H22N2/c1-3-4-5-6-7-11-9-8-10-2/h10-11H,3-9H2,1-2H3/p+2. The molecule has 0 spiro atoms. The molecule has 0 aliphatic heterocycles.